The molecule has 0 saturated carbocycles. The molecule has 198 valence electrons. The maximum absolute atomic E-state index is 12.5. The third-order valence-electron chi connectivity index (χ3n) is 8.63. The summed E-state index contributed by atoms with van der Waals surface area (Å²) in [5, 5.41) is 20.5. The molecular formula is C30H54O4. The highest BCUT2D eigenvalue weighted by atomic mass is 16.4. The molecule has 1 rings (SSSR count). The molecule has 1 aliphatic carbocycles. The summed E-state index contributed by atoms with van der Waals surface area (Å²) in [6, 6.07) is 0. The Bertz CT molecular complexity index is 599. The van der Waals surface area contributed by atoms with E-state index in [1.807, 2.05) is 26.0 Å². The topological polar surface area (TPSA) is 74.6 Å². The molecule has 0 radical (unpaired) electrons. The molecule has 0 aromatic rings. The second-order valence-corrected chi connectivity index (χ2v) is 10.9. The Morgan fingerprint density at radius 2 is 1.09 bits per heavy atom. The zero-order valence-corrected chi connectivity index (χ0v) is 22.6. The van der Waals surface area contributed by atoms with Gasteiger partial charge in [-0.25, -0.2) is 0 Å². The highest BCUT2D eigenvalue weighted by Gasteiger charge is 2.62. The number of allylic oxidation sites excluding steroid dienone is 2. The lowest BCUT2D eigenvalue weighted by atomic mass is 9.50. The smallest absolute Gasteiger partial charge is 0.311 e. The Morgan fingerprint density at radius 1 is 0.676 bits per heavy atom. The predicted octanol–water partition coefficient (Wildman–Crippen LogP) is 9.18. The van der Waals surface area contributed by atoms with Gasteiger partial charge in [0.25, 0.3) is 0 Å². The first-order valence-corrected chi connectivity index (χ1v) is 14.5. The standard InChI is InChI=1S/C30H54O4/c1-4-6-7-8-9-10-11-12-13-14-15-16-17-18-19-20-23-29(27(31)32)24-21-22-25-30(29,28(33)34)26(3)5-2/h21-22,26H,4-20,23-25H2,1-3H3,(H,31,32)(H,33,34). The lowest BCUT2D eigenvalue weighted by molar-refractivity contribution is -0.182. The van der Waals surface area contributed by atoms with Crippen LogP contribution >= 0.6 is 0 Å². The molecule has 4 heteroatoms. The first kappa shape index (κ1) is 30.7. The molecular weight excluding hydrogens is 424 g/mol. The van der Waals surface area contributed by atoms with Gasteiger partial charge in [0.1, 0.15) is 0 Å². The van der Waals surface area contributed by atoms with Crippen LogP contribution in [0, 0.1) is 16.7 Å². The van der Waals surface area contributed by atoms with Crippen LogP contribution in [0.3, 0.4) is 0 Å². The first-order chi connectivity index (χ1) is 16.4. The number of aliphatic carboxylic acids is 2. The van der Waals surface area contributed by atoms with E-state index >= 15 is 0 Å². The fraction of sp³-hybridized carbons (Fsp3) is 0.867. The van der Waals surface area contributed by atoms with E-state index in [1.165, 1.54) is 83.5 Å². The quantitative estimate of drug-likeness (QED) is 0.127. The molecule has 2 N–H and O–H groups in total. The largest absolute Gasteiger partial charge is 0.481 e. The van der Waals surface area contributed by atoms with Gasteiger partial charge in [-0.2, -0.15) is 0 Å². The van der Waals surface area contributed by atoms with E-state index in [4.69, 9.17) is 0 Å². The van der Waals surface area contributed by atoms with Crippen molar-refractivity contribution in [3.63, 3.8) is 0 Å². The zero-order chi connectivity index (χ0) is 25.3. The SMILES string of the molecule is CCCCCCCCCCCCCCCCCCC1(C(=O)O)CC=CCC1(C(=O)O)C(C)CC. The molecule has 0 fully saturated rings. The van der Waals surface area contributed by atoms with Crippen LogP contribution in [0.25, 0.3) is 0 Å². The molecule has 3 unspecified atom stereocenters. The van der Waals surface area contributed by atoms with Crippen LogP contribution in [-0.2, 0) is 9.59 Å². The van der Waals surface area contributed by atoms with E-state index < -0.39 is 22.8 Å². The van der Waals surface area contributed by atoms with Gasteiger partial charge in [0.2, 0.25) is 0 Å². The van der Waals surface area contributed by atoms with Crippen molar-refractivity contribution in [1.29, 1.82) is 0 Å². The first-order valence-electron chi connectivity index (χ1n) is 14.5. The molecule has 34 heavy (non-hydrogen) atoms. The minimum absolute atomic E-state index is 0.174. The minimum atomic E-state index is -1.21. The molecule has 0 aromatic heterocycles. The molecule has 0 amide bonds. The fourth-order valence-electron chi connectivity index (χ4n) is 6.14. The number of rotatable bonds is 21. The lowest BCUT2D eigenvalue weighted by Gasteiger charge is -2.50. The van der Waals surface area contributed by atoms with E-state index in [0.717, 1.165) is 19.3 Å². The maximum Gasteiger partial charge on any atom is 0.311 e. The summed E-state index contributed by atoms with van der Waals surface area (Å²) in [5.41, 5.74) is -2.41. The van der Waals surface area contributed by atoms with Gasteiger partial charge in [-0.1, -0.05) is 142 Å². The van der Waals surface area contributed by atoms with Crippen molar-refractivity contribution in [3.05, 3.63) is 12.2 Å². The molecule has 0 saturated heterocycles. The van der Waals surface area contributed by atoms with Crippen LogP contribution in [0.15, 0.2) is 12.2 Å². The van der Waals surface area contributed by atoms with Crippen LogP contribution in [0.5, 0.6) is 0 Å². The molecule has 0 heterocycles. The molecule has 4 nitrogen and oxygen atoms in total. The van der Waals surface area contributed by atoms with Crippen molar-refractivity contribution in [1.82, 2.24) is 0 Å². The molecule has 0 bridgehead atoms. The number of hydrogen-bond donors (Lipinski definition) is 2. The van der Waals surface area contributed by atoms with E-state index in [-0.39, 0.29) is 5.92 Å². The Labute approximate surface area is 210 Å². The number of carboxylic acids is 2. The second-order valence-electron chi connectivity index (χ2n) is 10.9. The van der Waals surface area contributed by atoms with Crippen molar-refractivity contribution in [2.24, 2.45) is 16.7 Å². The van der Waals surface area contributed by atoms with Gasteiger partial charge in [-0.3, -0.25) is 9.59 Å². The maximum atomic E-state index is 12.5. The summed E-state index contributed by atoms with van der Waals surface area (Å²) in [5.74, 6) is -2.04. The summed E-state index contributed by atoms with van der Waals surface area (Å²) in [6.45, 7) is 6.15. The third kappa shape index (κ3) is 8.72. The monoisotopic (exact) mass is 478 g/mol. The average Bonchev–Trinajstić information content (AvgIpc) is 2.83. The van der Waals surface area contributed by atoms with Gasteiger partial charge in [-0.15, -0.1) is 0 Å². The summed E-state index contributed by atoms with van der Waals surface area (Å²) in [7, 11) is 0. The van der Waals surface area contributed by atoms with E-state index in [0.29, 0.717) is 25.7 Å². The highest BCUT2D eigenvalue weighted by molar-refractivity contribution is 5.87. The van der Waals surface area contributed by atoms with Gasteiger partial charge in [-0.05, 0) is 25.2 Å². The Morgan fingerprint density at radius 3 is 1.47 bits per heavy atom. The van der Waals surface area contributed by atoms with Crippen LogP contribution < -0.4 is 0 Å². The average molecular weight is 479 g/mol. The Kier molecular flexibility index (Phi) is 15.5. The summed E-state index contributed by atoms with van der Waals surface area (Å²) in [6.07, 6.45) is 26.0. The van der Waals surface area contributed by atoms with E-state index in [1.54, 1.807) is 0 Å². The van der Waals surface area contributed by atoms with Crippen LogP contribution in [0.4, 0.5) is 0 Å². The lowest BCUT2D eigenvalue weighted by Crippen LogP contribution is -2.56. The molecule has 1 aliphatic rings. The molecule has 0 aliphatic heterocycles. The second kappa shape index (κ2) is 17.2. The predicted molar refractivity (Wildman–Crippen MR) is 142 cm³/mol. The number of carbonyl (C=O) groups is 2. The summed E-state index contributed by atoms with van der Waals surface area (Å²) < 4.78 is 0. The Hall–Kier alpha value is -1.32. The van der Waals surface area contributed by atoms with Crippen LogP contribution in [-0.4, -0.2) is 22.2 Å². The zero-order valence-electron chi connectivity index (χ0n) is 22.6. The van der Waals surface area contributed by atoms with Gasteiger partial charge in [0.15, 0.2) is 0 Å². The van der Waals surface area contributed by atoms with Gasteiger partial charge < -0.3 is 10.2 Å². The Balaban J connectivity index is 2.28. The van der Waals surface area contributed by atoms with Crippen molar-refractivity contribution in [2.75, 3.05) is 0 Å². The number of carboxylic acid groups (broad SMARTS) is 2. The summed E-state index contributed by atoms with van der Waals surface area (Å²) in [4.78, 5) is 25.0. The minimum Gasteiger partial charge on any atom is -0.481 e. The van der Waals surface area contributed by atoms with Gasteiger partial charge >= 0.3 is 11.9 Å². The van der Waals surface area contributed by atoms with Crippen LogP contribution in [0.1, 0.15) is 149 Å². The van der Waals surface area contributed by atoms with Gasteiger partial charge in [0.05, 0.1) is 10.8 Å². The van der Waals surface area contributed by atoms with E-state index in [9.17, 15) is 19.8 Å². The van der Waals surface area contributed by atoms with Crippen molar-refractivity contribution >= 4 is 11.9 Å². The van der Waals surface area contributed by atoms with Crippen molar-refractivity contribution < 1.29 is 19.8 Å². The molecule has 3 atom stereocenters. The molecule has 0 aromatic carbocycles. The van der Waals surface area contributed by atoms with Crippen LogP contribution in [0.2, 0.25) is 0 Å². The molecule has 0 spiro atoms. The highest BCUT2D eigenvalue weighted by Crippen LogP contribution is 2.57. The number of unbranched alkanes of at least 4 members (excludes halogenated alkanes) is 15. The van der Waals surface area contributed by atoms with Crippen molar-refractivity contribution in [3.8, 4) is 0 Å². The number of hydrogen-bond acceptors (Lipinski definition) is 2. The third-order valence-corrected chi connectivity index (χ3v) is 8.63. The normalized spacial score (nSPS) is 23.1. The summed E-state index contributed by atoms with van der Waals surface area (Å²) >= 11 is 0. The fourth-order valence-corrected chi connectivity index (χ4v) is 6.14. The van der Waals surface area contributed by atoms with E-state index in [2.05, 4.69) is 6.92 Å². The van der Waals surface area contributed by atoms with Crippen molar-refractivity contribution in [2.45, 2.75) is 149 Å². The van der Waals surface area contributed by atoms with Gasteiger partial charge in [0, 0.05) is 0 Å².